The molecule has 1 aromatic heterocycles. The number of carbonyl (C=O) groups excluding carboxylic acids is 1. The molecule has 0 aliphatic carbocycles. The second-order valence-corrected chi connectivity index (χ2v) is 8.22. The van der Waals surface area contributed by atoms with Crippen LogP contribution >= 0.6 is 11.3 Å². The average Bonchev–Trinajstić information content (AvgIpc) is 2.72. The lowest BCUT2D eigenvalue weighted by Gasteiger charge is -2.25. The molecule has 5 nitrogen and oxygen atoms in total. The predicted molar refractivity (Wildman–Crippen MR) is 76.8 cm³/mol. The van der Waals surface area contributed by atoms with Gasteiger partial charge < -0.3 is 5.32 Å². The monoisotopic (exact) mass is 304 g/mol. The van der Waals surface area contributed by atoms with E-state index < -0.39 is 15.6 Å². The summed E-state index contributed by atoms with van der Waals surface area (Å²) in [4.78, 5) is 12.2. The summed E-state index contributed by atoms with van der Waals surface area (Å²) in [6.07, 6.45) is 0.728. The van der Waals surface area contributed by atoms with Gasteiger partial charge in [0.25, 0.3) is 10.0 Å². The van der Waals surface area contributed by atoms with Crippen LogP contribution in [0.15, 0.2) is 16.3 Å². The van der Waals surface area contributed by atoms with E-state index in [1.807, 2.05) is 6.92 Å². The van der Waals surface area contributed by atoms with Crippen LogP contribution in [-0.2, 0) is 14.8 Å². The van der Waals surface area contributed by atoms with Crippen molar-refractivity contribution in [2.24, 2.45) is 0 Å². The van der Waals surface area contributed by atoms with Crippen LogP contribution in [0.2, 0.25) is 0 Å². The van der Waals surface area contributed by atoms with Crippen LogP contribution in [0.3, 0.4) is 0 Å². The van der Waals surface area contributed by atoms with E-state index in [0.717, 1.165) is 4.88 Å². The number of hydrogen-bond donors (Lipinski definition) is 2. The van der Waals surface area contributed by atoms with Gasteiger partial charge in [0.2, 0.25) is 5.91 Å². The van der Waals surface area contributed by atoms with E-state index in [4.69, 9.17) is 0 Å². The number of aryl methyl sites for hydroxylation is 1. The summed E-state index contributed by atoms with van der Waals surface area (Å²) in [6, 6.07) is 3.37. The van der Waals surface area contributed by atoms with Crippen LogP contribution in [0.4, 0.5) is 0 Å². The molecule has 0 aromatic carbocycles. The largest absolute Gasteiger partial charge is 0.359 e. The van der Waals surface area contributed by atoms with Crippen molar-refractivity contribution in [2.45, 2.75) is 43.4 Å². The number of hydrogen-bond acceptors (Lipinski definition) is 4. The fraction of sp³-hybridized carbons (Fsp3) is 0.583. The van der Waals surface area contributed by atoms with Gasteiger partial charge in [0.05, 0.1) is 0 Å². The molecule has 0 radical (unpaired) electrons. The zero-order valence-corrected chi connectivity index (χ0v) is 13.2. The summed E-state index contributed by atoms with van der Waals surface area (Å²) in [5.74, 6) is -0.0979. The molecule has 2 N–H and O–H groups in total. The van der Waals surface area contributed by atoms with Crippen molar-refractivity contribution in [3.63, 3.8) is 0 Å². The molecule has 0 saturated carbocycles. The Morgan fingerprint density at radius 2 is 2.00 bits per heavy atom. The molecule has 1 rings (SSSR count). The minimum Gasteiger partial charge on any atom is -0.359 e. The Morgan fingerprint density at radius 3 is 2.47 bits per heavy atom. The second kappa shape index (κ2) is 6.02. The molecule has 0 aliphatic heterocycles. The molecule has 19 heavy (non-hydrogen) atoms. The molecular weight excluding hydrogens is 284 g/mol. The highest BCUT2D eigenvalue weighted by molar-refractivity contribution is 7.91. The number of rotatable bonds is 6. The highest BCUT2D eigenvalue weighted by atomic mass is 32.2. The number of thiophene rings is 1. The molecule has 1 heterocycles. The highest BCUT2D eigenvalue weighted by Crippen LogP contribution is 2.23. The summed E-state index contributed by atoms with van der Waals surface area (Å²) in [6.45, 7) is 5.41. The third-order valence-corrected chi connectivity index (χ3v) is 5.84. The van der Waals surface area contributed by atoms with Crippen LogP contribution < -0.4 is 10.0 Å². The van der Waals surface area contributed by atoms with E-state index in [0.29, 0.717) is 10.6 Å². The summed E-state index contributed by atoms with van der Waals surface area (Å²) in [5, 5.41) is 2.52. The topological polar surface area (TPSA) is 75.3 Å². The summed E-state index contributed by atoms with van der Waals surface area (Å²) >= 11 is 1.23. The lowest BCUT2D eigenvalue weighted by Crippen LogP contribution is -2.43. The first-order valence-electron chi connectivity index (χ1n) is 5.97. The molecule has 0 fully saturated rings. The SMILES string of the molecule is CNC(=O)CCC(C)(C)NS(=O)(=O)c1ccc(C)s1. The average molecular weight is 304 g/mol. The van der Waals surface area contributed by atoms with E-state index in [1.165, 1.54) is 11.3 Å². The number of amides is 1. The van der Waals surface area contributed by atoms with Gasteiger partial charge in [-0.25, -0.2) is 13.1 Å². The molecule has 0 unspecified atom stereocenters. The van der Waals surface area contributed by atoms with Crippen LogP contribution in [0.25, 0.3) is 0 Å². The Bertz CT molecular complexity index is 547. The standard InChI is InChI=1S/C12H20N2O3S2/c1-9-5-6-11(18-9)19(16,17)14-12(2,3)8-7-10(15)13-4/h5-6,14H,7-8H2,1-4H3,(H,13,15). The van der Waals surface area contributed by atoms with Crippen molar-refractivity contribution in [1.29, 1.82) is 0 Å². The fourth-order valence-electron chi connectivity index (χ4n) is 1.57. The minimum absolute atomic E-state index is 0.0979. The van der Waals surface area contributed by atoms with Crippen molar-refractivity contribution >= 4 is 27.3 Å². The summed E-state index contributed by atoms with van der Waals surface area (Å²) < 4.78 is 27.3. The Morgan fingerprint density at radius 1 is 1.37 bits per heavy atom. The zero-order chi connectivity index (χ0) is 14.7. The van der Waals surface area contributed by atoms with E-state index in [-0.39, 0.29) is 12.3 Å². The third kappa shape index (κ3) is 4.93. The van der Waals surface area contributed by atoms with Gasteiger partial charge in [-0.15, -0.1) is 11.3 Å². The van der Waals surface area contributed by atoms with Crippen molar-refractivity contribution in [3.8, 4) is 0 Å². The van der Waals surface area contributed by atoms with Gasteiger partial charge in [0.1, 0.15) is 4.21 Å². The number of nitrogens with one attached hydrogen (secondary N) is 2. The van der Waals surface area contributed by atoms with Crippen molar-refractivity contribution in [3.05, 3.63) is 17.0 Å². The van der Waals surface area contributed by atoms with Crippen molar-refractivity contribution in [2.75, 3.05) is 7.05 Å². The summed E-state index contributed by atoms with van der Waals surface area (Å²) in [7, 11) is -1.95. The van der Waals surface area contributed by atoms with Gasteiger partial charge in [-0.3, -0.25) is 4.79 Å². The van der Waals surface area contributed by atoms with E-state index in [2.05, 4.69) is 10.0 Å². The van der Waals surface area contributed by atoms with E-state index in [9.17, 15) is 13.2 Å². The molecule has 0 aliphatic rings. The molecule has 0 spiro atoms. The Hall–Kier alpha value is -0.920. The van der Waals surface area contributed by atoms with Gasteiger partial charge in [-0.2, -0.15) is 0 Å². The summed E-state index contributed by atoms with van der Waals surface area (Å²) in [5.41, 5.74) is -0.663. The van der Waals surface area contributed by atoms with Crippen LogP contribution in [-0.4, -0.2) is 26.9 Å². The minimum atomic E-state index is -3.51. The van der Waals surface area contributed by atoms with Crippen molar-refractivity contribution < 1.29 is 13.2 Å². The van der Waals surface area contributed by atoms with E-state index >= 15 is 0 Å². The fourth-order valence-corrected chi connectivity index (χ4v) is 4.30. The van der Waals surface area contributed by atoms with Gasteiger partial charge in [0.15, 0.2) is 0 Å². The normalized spacial score (nSPS) is 12.4. The first-order chi connectivity index (χ1) is 8.66. The molecule has 0 bridgehead atoms. The molecule has 1 amide bonds. The van der Waals surface area contributed by atoms with Crippen LogP contribution in [0.1, 0.15) is 31.6 Å². The number of sulfonamides is 1. The lowest BCUT2D eigenvalue weighted by molar-refractivity contribution is -0.120. The Kier molecular flexibility index (Phi) is 5.11. The maximum Gasteiger partial charge on any atom is 0.250 e. The lowest BCUT2D eigenvalue weighted by atomic mass is 10.00. The Labute approximate surface area is 118 Å². The van der Waals surface area contributed by atoms with Crippen LogP contribution in [0, 0.1) is 6.92 Å². The molecule has 0 saturated heterocycles. The molecule has 108 valence electrons. The molecule has 0 atom stereocenters. The quantitative estimate of drug-likeness (QED) is 0.839. The zero-order valence-electron chi connectivity index (χ0n) is 11.6. The highest BCUT2D eigenvalue weighted by Gasteiger charge is 2.27. The first-order valence-corrected chi connectivity index (χ1v) is 8.27. The number of carbonyl (C=O) groups is 1. The van der Waals surface area contributed by atoms with Gasteiger partial charge >= 0.3 is 0 Å². The van der Waals surface area contributed by atoms with E-state index in [1.54, 1.807) is 33.0 Å². The van der Waals surface area contributed by atoms with Gasteiger partial charge in [-0.05, 0) is 39.3 Å². The first kappa shape index (κ1) is 16.1. The predicted octanol–water partition coefficient (Wildman–Crippen LogP) is 1.64. The van der Waals surface area contributed by atoms with Gasteiger partial charge in [0, 0.05) is 23.9 Å². The molecule has 1 aromatic rings. The third-order valence-electron chi connectivity index (χ3n) is 2.65. The Balaban J connectivity index is 2.74. The molecule has 7 heteroatoms. The smallest absolute Gasteiger partial charge is 0.250 e. The van der Waals surface area contributed by atoms with Gasteiger partial charge in [-0.1, -0.05) is 0 Å². The molecular formula is C12H20N2O3S2. The maximum atomic E-state index is 12.2. The van der Waals surface area contributed by atoms with Crippen molar-refractivity contribution in [1.82, 2.24) is 10.0 Å². The second-order valence-electron chi connectivity index (χ2n) is 5.03. The maximum absolute atomic E-state index is 12.2. The van der Waals surface area contributed by atoms with Crippen LogP contribution in [0.5, 0.6) is 0 Å².